The first-order chi connectivity index (χ1) is 20.6. The van der Waals surface area contributed by atoms with Crippen molar-refractivity contribution in [1.29, 1.82) is 0 Å². The lowest BCUT2D eigenvalue weighted by atomic mass is 9.80. The number of nitro benzene ring substituents is 1. The number of carbonyl (C=O) groups is 5. The van der Waals surface area contributed by atoms with Crippen molar-refractivity contribution in [2.24, 2.45) is 17.3 Å². The molecule has 1 aliphatic heterocycles. The van der Waals surface area contributed by atoms with Crippen molar-refractivity contribution < 1.29 is 33.6 Å². The van der Waals surface area contributed by atoms with Crippen LogP contribution in [0.2, 0.25) is 0 Å². The van der Waals surface area contributed by atoms with Gasteiger partial charge in [-0.25, -0.2) is 4.79 Å². The quantitative estimate of drug-likeness (QED) is 0.109. The molecule has 14 heteroatoms. The van der Waals surface area contributed by atoms with E-state index < -0.39 is 58.1 Å². The van der Waals surface area contributed by atoms with Gasteiger partial charge in [-0.1, -0.05) is 51.7 Å². The Morgan fingerprint density at radius 3 is 2.23 bits per heavy atom. The summed E-state index contributed by atoms with van der Waals surface area (Å²) < 4.78 is 5.29. The Kier molecular flexibility index (Phi) is 11.6. The highest BCUT2D eigenvalue weighted by molar-refractivity contribution is 7.15. The number of allylic oxidation sites excluding steroid dienone is 1. The molecule has 0 bridgehead atoms. The van der Waals surface area contributed by atoms with Crippen LogP contribution in [-0.2, 0) is 19.2 Å². The third-order valence-corrected chi connectivity index (χ3v) is 8.22. The number of likely N-dealkylation sites (tertiary alicyclic amines) is 1. The number of nitro groups is 1. The van der Waals surface area contributed by atoms with Crippen molar-refractivity contribution in [3.8, 4) is 5.75 Å². The van der Waals surface area contributed by atoms with E-state index >= 15 is 0 Å². The van der Waals surface area contributed by atoms with Gasteiger partial charge >= 0.3 is 6.09 Å². The molecule has 0 radical (unpaired) electrons. The van der Waals surface area contributed by atoms with Crippen LogP contribution in [0.4, 0.5) is 10.5 Å². The van der Waals surface area contributed by atoms with Gasteiger partial charge in [0.2, 0.25) is 17.6 Å². The Bertz CT molecular complexity index is 1300. The van der Waals surface area contributed by atoms with Crippen molar-refractivity contribution in [1.82, 2.24) is 20.6 Å². The lowest BCUT2D eigenvalue weighted by Crippen LogP contribution is -2.60. The zero-order valence-electron chi connectivity index (χ0n) is 25.8. The summed E-state index contributed by atoms with van der Waals surface area (Å²) in [4.78, 5) is 77.8. The number of carbonyl (C=O) groups excluding carboxylic acids is 5. The number of ketones is 1. The molecule has 0 spiro atoms. The fourth-order valence-corrected chi connectivity index (χ4v) is 5.63. The second kappa shape index (κ2) is 14.7. The largest absolute Gasteiger partial charge is 0.413 e. The van der Waals surface area contributed by atoms with Crippen LogP contribution >= 0.6 is 9.39 Å². The Labute approximate surface area is 259 Å². The minimum absolute atomic E-state index is 0.0481. The number of nitrogens with zero attached hydrogens (tertiary/aromatic N) is 2. The maximum absolute atomic E-state index is 14.1. The van der Waals surface area contributed by atoms with Crippen LogP contribution in [-0.4, -0.2) is 64.1 Å². The fourth-order valence-electron chi connectivity index (χ4n) is 5.49. The third-order valence-electron chi connectivity index (χ3n) is 7.96. The van der Waals surface area contributed by atoms with Crippen LogP contribution in [0.3, 0.4) is 0 Å². The smallest absolute Gasteiger partial charge is 0.410 e. The van der Waals surface area contributed by atoms with Gasteiger partial charge in [0.25, 0.3) is 11.6 Å². The summed E-state index contributed by atoms with van der Waals surface area (Å²) in [5.41, 5.74) is -0.0276. The molecule has 2 unspecified atom stereocenters. The molecule has 4 amide bonds. The molecule has 1 aromatic rings. The van der Waals surface area contributed by atoms with Crippen LogP contribution in [0.1, 0.15) is 66.7 Å². The van der Waals surface area contributed by atoms with Gasteiger partial charge in [0, 0.05) is 24.6 Å². The maximum atomic E-state index is 14.1. The maximum Gasteiger partial charge on any atom is 0.413 e. The second-order valence-corrected chi connectivity index (χ2v) is 13.0. The summed E-state index contributed by atoms with van der Waals surface area (Å²) in [6, 6.07) is 1.81. The zero-order valence-corrected chi connectivity index (χ0v) is 26.9. The molecule has 2 fully saturated rings. The van der Waals surface area contributed by atoms with Crippen molar-refractivity contribution in [2.75, 3.05) is 6.54 Å². The van der Waals surface area contributed by atoms with E-state index in [-0.39, 0.29) is 29.8 Å². The van der Waals surface area contributed by atoms with E-state index in [9.17, 15) is 34.1 Å². The minimum atomic E-state index is -1.11. The first-order valence-electron chi connectivity index (χ1n) is 14.7. The molecule has 13 nitrogen and oxygen atoms in total. The van der Waals surface area contributed by atoms with Gasteiger partial charge < -0.3 is 25.4 Å². The van der Waals surface area contributed by atoms with Crippen LogP contribution in [0.25, 0.3) is 0 Å². The number of amides is 4. The molecule has 1 heterocycles. The van der Waals surface area contributed by atoms with Gasteiger partial charge in [-0.15, -0.1) is 0 Å². The SMILES string of the molecule is CC(C)=C[C@H]1CCN(C(=O)[C@@H](NC(=O)Oc2ccc([N+](=O)[O-])cc2)C(C)(C)C)[C@@H]1C(=O)NC(CC1CCC1)C(=O)C(=O)NP. The molecule has 5 atom stereocenters. The number of hydrogen-bond donors (Lipinski definition) is 3. The molecule has 1 saturated heterocycles. The van der Waals surface area contributed by atoms with Crippen LogP contribution in [0.15, 0.2) is 35.9 Å². The van der Waals surface area contributed by atoms with Crippen LogP contribution < -0.4 is 20.5 Å². The van der Waals surface area contributed by atoms with Crippen molar-refractivity contribution >= 4 is 44.7 Å². The van der Waals surface area contributed by atoms with Gasteiger partial charge in [0.1, 0.15) is 17.8 Å². The predicted molar refractivity (Wildman–Crippen MR) is 165 cm³/mol. The van der Waals surface area contributed by atoms with Gasteiger partial charge in [-0.2, -0.15) is 0 Å². The van der Waals surface area contributed by atoms with Crippen LogP contribution in [0, 0.1) is 27.4 Å². The molecular weight excluding hydrogens is 589 g/mol. The molecule has 3 rings (SSSR count). The average Bonchev–Trinajstić information content (AvgIpc) is 3.34. The third kappa shape index (κ3) is 8.84. The van der Waals surface area contributed by atoms with Crippen LogP contribution in [0.5, 0.6) is 5.75 Å². The molecular formula is C30H42N5O8P. The van der Waals surface area contributed by atoms with E-state index in [1.807, 2.05) is 29.3 Å². The topological polar surface area (TPSA) is 177 Å². The van der Waals surface area contributed by atoms with E-state index in [4.69, 9.17) is 4.74 Å². The standard InChI is InChI=1S/C30H42N5O8P/c1-17(2)15-19-13-14-34(23(19)26(37)31-22(16-18-7-6-8-18)24(36)27(38)33-44)28(39)25(30(3,4)5)32-29(40)43-21-11-9-20(10-12-21)35(41)42/h9-12,15,18-19,22-23,25H,6-8,13-14,16,44H2,1-5H3,(H,31,37)(H,32,40)(H,33,38)/t19-,22?,23+,25-/m1/s1. The molecule has 240 valence electrons. The second-order valence-electron chi connectivity index (χ2n) is 12.7. The van der Waals surface area contributed by atoms with Gasteiger partial charge in [-0.3, -0.25) is 29.3 Å². The number of Topliss-reactive ketones (excluding diaryl/α,β-unsaturated/α-hetero) is 1. The zero-order chi connectivity index (χ0) is 32.8. The summed E-state index contributed by atoms with van der Waals surface area (Å²) in [6.45, 7) is 9.28. The summed E-state index contributed by atoms with van der Waals surface area (Å²) in [5.74, 6) is -2.73. The van der Waals surface area contributed by atoms with E-state index in [1.54, 1.807) is 20.8 Å². The summed E-state index contributed by atoms with van der Waals surface area (Å²) in [5, 5.41) is 18.6. The van der Waals surface area contributed by atoms with E-state index in [2.05, 4.69) is 15.7 Å². The number of nitrogens with one attached hydrogen (secondary N) is 3. The molecule has 1 aromatic carbocycles. The normalized spacial score (nSPS) is 19.5. The Balaban J connectivity index is 1.85. The van der Waals surface area contributed by atoms with Crippen molar-refractivity contribution in [3.05, 3.63) is 46.0 Å². The molecule has 3 N–H and O–H groups in total. The minimum Gasteiger partial charge on any atom is -0.410 e. The first-order valence-corrected chi connectivity index (χ1v) is 15.2. The van der Waals surface area contributed by atoms with E-state index in [0.717, 1.165) is 24.8 Å². The molecule has 44 heavy (non-hydrogen) atoms. The first kappa shape index (κ1) is 34.6. The van der Waals surface area contributed by atoms with Crippen molar-refractivity contribution in [3.63, 3.8) is 0 Å². The van der Waals surface area contributed by atoms with E-state index in [1.165, 1.54) is 29.2 Å². The Morgan fingerprint density at radius 1 is 1.09 bits per heavy atom. The average molecular weight is 632 g/mol. The molecule has 1 aliphatic carbocycles. The van der Waals surface area contributed by atoms with Gasteiger partial charge in [-0.05, 0) is 59.5 Å². The number of rotatable bonds is 11. The predicted octanol–water partition coefficient (Wildman–Crippen LogP) is 3.43. The number of benzene rings is 1. The van der Waals surface area contributed by atoms with Crippen molar-refractivity contribution in [2.45, 2.75) is 84.8 Å². The lowest BCUT2D eigenvalue weighted by molar-refractivity contribution is -0.384. The lowest BCUT2D eigenvalue weighted by Gasteiger charge is -2.36. The summed E-state index contributed by atoms with van der Waals surface area (Å²) in [7, 11) is 2.00. The highest BCUT2D eigenvalue weighted by atomic mass is 31.0. The summed E-state index contributed by atoms with van der Waals surface area (Å²) in [6.07, 6.45) is 4.62. The monoisotopic (exact) mass is 631 g/mol. The Hall–Kier alpha value is -3.86. The summed E-state index contributed by atoms with van der Waals surface area (Å²) >= 11 is 0. The molecule has 1 saturated carbocycles. The molecule has 0 aromatic heterocycles. The van der Waals surface area contributed by atoms with E-state index in [0.29, 0.717) is 12.8 Å². The number of hydrogen-bond acceptors (Lipinski definition) is 8. The Morgan fingerprint density at radius 2 is 1.73 bits per heavy atom. The highest BCUT2D eigenvalue weighted by Crippen LogP contribution is 2.33. The molecule has 2 aliphatic rings. The highest BCUT2D eigenvalue weighted by Gasteiger charge is 2.46. The van der Waals surface area contributed by atoms with Gasteiger partial charge in [0.05, 0.1) is 11.0 Å². The number of non-ortho nitro benzene ring substituents is 1. The van der Waals surface area contributed by atoms with Gasteiger partial charge in [0.15, 0.2) is 0 Å². The fraction of sp³-hybridized carbons (Fsp3) is 0.567. The number of ether oxygens (including phenoxy) is 1.